The third-order valence-corrected chi connectivity index (χ3v) is 4.47. The Balaban J connectivity index is 1.83. The number of carbonyl (C=O) groups is 1. The predicted octanol–water partition coefficient (Wildman–Crippen LogP) is 2.11. The van der Waals surface area contributed by atoms with E-state index in [2.05, 4.69) is 15.6 Å². The van der Waals surface area contributed by atoms with Crippen molar-refractivity contribution in [1.82, 2.24) is 10.6 Å². The molecule has 2 aromatic carbocycles. The molecular weight excluding hydrogens is 387 g/mol. The minimum atomic E-state index is -0.459. The fourth-order valence-corrected chi connectivity index (χ4v) is 2.81. The smallest absolute Gasteiger partial charge is 0.222 e. The fraction of sp³-hybridized carbons (Fsp3) is 0.364. The van der Waals surface area contributed by atoms with Crippen molar-refractivity contribution >= 4 is 11.9 Å². The van der Waals surface area contributed by atoms with Gasteiger partial charge in [-0.25, -0.2) is 4.39 Å². The molecule has 0 saturated carbocycles. The first kappa shape index (κ1) is 23.0. The Bertz CT molecular complexity index is 843. The number of rotatable bonds is 10. The molecule has 4 N–H and O–H groups in total. The van der Waals surface area contributed by atoms with Crippen molar-refractivity contribution in [1.29, 1.82) is 0 Å². The number of nitrogens with one attached hydrogen (secondary N) is 2. The topological polar surface area (TPSA) is 98.0 Å². The van der Waals surface area contributed by atoms with E-state index in [-0.39, 0.29) is 11.9 Å². The molecular formula is C22H29FN4O3. The summed E-state index contributed by atoms with van der Waals surface area (Å²) < 4.78 is 24.1. The molecule has 0 radical (unpaired) electrons. The Labute approximate surface area is 176 Å². The summed E-state index contributed by atoms with van der Waals surface area (Å²) in [5.41, 5.74) is 6.37. The van der Waals surface area contributed by atoms with Crippen LogP contribution in [0.5, 0.6) is 11.5 Å². The Hall–Kier alpha value is -3.29. The summed E-state index contributed by atoms with van der Waals surface area (Å²) in [6.45, 7) is 2.73. The number of amides is 1. The number of nitrogens with zero attached hydrogens (tertiary/aromatic N) is 1. The van der Waals surface area contributed by atoms with Crippen LogP contribution in [0.2, 0.25) is 0 Å². The maximum atomic E-state index is 13.1. The van der Waals surface area contributed by atoms with Gasteiger partial charge in [0.05, 0.1) is 19.6 Å². The summed E-state index contributed by atoms with van der Waals surface area (Å²) in [6.07, 6.45) is 0.274. The third kappa shape index (κ3) is 7.62. The molecule has 162 valence electrons. The second kappa shape index (κ2) is 11.6. The van der Waals surface area contributed by atoms with Gasteiger partial charge in [-0.3, -0.25) is 9.79 Å². The van der Waals surface area contributed by atoms with Crippen LogP contribution in [0.3, 0.4) is 0 Å². The normalized spacial score (nSPS) is 13.3. The molecule has 2 atom stereocenters. The number of methoxy groups -OCH3 is 1. The number of guanidine groups is 1. The highest BCUT2D eigenvalue weighted by atomic mass is 19.1. The summed E-state index contributed by atoms with van der Waals surface area (Å²) in [6, 6.07) is 13.4. The summed E-state index contributed by atoms with van der Waals surface area (Å²) in [7, 11) is 3.25. The molecule has 0 aromatic heterocycles. The van der Waals surface area contributed by atoms with Gasteiger partial charge >= 0.3 is 0 Å². The van der Waals surface area contributed by atoms with Crippen molar-refractivity contribution in [2.45, 2.75) is 19.4 Å². The van der Waals surface area contributed by atoms with Crippen molar-refractivity contribution in [3.8, 4) is 11.5 Å². The number of hydrogen-bond donors (Lipinski definition) is 3. The van der Waals surface area contributed by atoms with Crippen LogP contribution in [-0.2, 0) is 11.2 Å². The van der Waals surface area contributed by atoms with E-state index < -0.39 is 11.8 Å². The number of nitrogens with two attached hydrogens (primary N) is 1. The first-order valence-electron chi connectivity index (χ1n) is 9.70. The Kier molecular flexibility index (Phi) is 8.93. The average molecular weight is 416 g/mol. The SMILES string of the molecule is CN=C(NCC(C)Oc1cccc(OC)c1)NCC(Cc1ccc(F)cc1)C(N)=O. The van der Waals surface area contributed by atoms with Crippen molar-refractivity contribution in [2.24, 2.45) is 16.6 Å². The fourth-order valence-electron chi connectivity index (χ4n) is 2.81. The number of ether oxygens (including phenoxy) is 2. The van der Waals surface area contributed by atoms with E-state index in [1.165, 1.54) is 12.1 Å². The van der Waals surface area contributed by atoms with E-state index in [1.807, 2.05) is 31.2 Å². The van der Waals surface area contributed by atoms with E-state index in [4.69, 9.17) is 15.2 Å². The van der Waals surface area contributed by atoms with Gasteiger partial charge in [-0.1, -0.05) is 18.2 Å². The van der Waals surface area contributed by atoms with Gasteiger partial charge in [0.25, 0.3) is 0 Å². The average Bonchev–Trinajstić information content (AvgIpc) is 2.74. The van der Waals surface area contributed by atoms with Crippen LogP contribution in [0.4, 0.5) is 4.39 Å². The lowest BCUT2D eigenvalue weighted by molar-refractivity contribution is -0.121. The van der Waals surface area contributed by atoms with Crippen molar-refractivity contribution < 1.29 is 18.7 Å². The van der Waals surface area contributed by atoms with Crippen LogP contribution >= 0.6 is 0 Å². The molecule has 0 bridgehead atoms. The molecule has 1 amide bonds. The number of carbonyl (C=O) groups excluding carboxylic acids is 1. The number of aliphatic imine (C=N–C) groups is 1. The molecule has 2 aromatic rings. The summed E-state index contributed by atoms with van der Waals surface area (Å²) >= 11 is 0. The van der Waals surface area contributed by atoms with Gasteiger partial charge in [-0.05, 0) is 43.2 Å². The van der Waals surface area contributed by atoms with Crippen molar-refractivity contribution in [3.05, 3.63) is 59.9 Å². The summed E-state index contributed by atoms with van der Waals surface area (Å²) in [5, 5.41) is 6.27. The molecule has 0 heterocycles. The highest BCUT2D eigenvalue weighted by Gasteiger charge is 2.17. The molecule has 2 unspecified atom stereocenters. The van der Waals surface area contributed by atoms with E-state index in [0.29, 0.717) is 31.2 Å². The van der Waals surface area contributed by atoms with Crippen LogP contribution in [0.25, 0.3) is 0 Å². The monoisotopic (exact) mass is 416 g/mol. The Morgan fingerprint density at radius 3 is 2.43 bits per heavy atom. The van der Waals surface area contributed by atoms with Crippen LogP contribution in [0, 0.1) is 11.7 Å². The Morgan fingerprint density at radius 1 is 1.13 bits per heavy atom. The minimum Gasteiger partial charge on any atom is -0.497 e. The van der Waals surface area contributed by atoms with Crippen LogP contribution < -0.4 is 25.8 Å². The second-order valence-corrected chi connectivity index (χ2v) is 6.87. The zero-order chi connectivity index (χ0) is 21.9. The molecule has 0 aliphatic carbocycles. The highest BCUT2D eigenvalue weighted by molar-refractivity contribution is 5.81. The van der Waals surface area contributed by atoms with Crippen molar-refractivity contribution in [3.63, 3.8) is 0 Å². The quantitative estimate of drug-likeness (QED) is 0.407. The predicted molar refractivity (Wildman–Crippen MR) is 115 cm³/mol. The van der Waals surface area contributed by atoms with Crippen LogP contribution in [-0.4, -0.2) is 45.2 Å². The standard InChI is InChI=1S/C22H29FN4O3/c1-15(30-20-6-4-5-19(12-20)29-3)13-26-22(25-2)27-14-17(21(24)28)11-16-7-9-18(23)10-8-16/h4-10,12,15,17H,11,13-14H2,1-3H3,(H2,24,28)(H2,25,26,27). The number of hydrogen-bond acceptors (Lipinski definition) is 4. The summed E-state index contributed by atoms with van der Waals surface area (Å²) in [4.78, 5) is 16.0. The lowest BCUT2D eigenvalue weighted by atomic mass is 9.98. The number of primary amides is 1. The number of halogens is 1. The largest absolute Gasteiger partial charge is 0.497 e. The Morgan fingerprint density at radius 2 is 1.80 bits per heavy atom. The van der Waals surface area contributed by atoms with E-state index in [0.717, 1.165) is 11.3 Å². The minimum absolute atomic E-state index is 0.137. The maximum absolute atomic E-state index is 13.1. The summed E-state index contributed by atoms with van der Waals surface area (Å²) in [5.74, 6) is 0.753. The van der Waals surface area contributed by atoms with Gasteiger partial charge in [0.2, 0.25) is 5.91 Å². The molecule has 8 heteroatoms. The molecule has 0 saturated heterocycles. The van der Waals surface area contributed by atoms with Gasteiger partial charge in [0.1, 0.15) is 23.4 Å². The maximum Gasteiger partial charge on any atom is 0.222 e. The molecule has 0 spiro atoms. The second-order valence-electron chi connectivity index (χ2n) is 6.87. The third-order valence-electron chi connectivity index (χ3n) is 4.47. The lowest BCUT2D eigenvalue weighted by Gasteiger charge is -2.20. The van der Waals surface area contributed by atoms with Crippen molar-refractivity contribution in [2.75, 3.05) is 27.2 Å². The molecule has 0 aliphatic heterocycles. The lowest BCUT2D eigenvalue weighted by Crippen LogP contribution is -2.45. The number of benzene rings is 2. The molecule has 7 nitrogen and oxygen atoms in total. The van der Waals surface area contributed by atoms with Gasteiger partial charge in [-0.15, -0.1) is 0 Å². The first-order valence-corrected chi connectivity index (χ1v) is 9.70. The van der Waals surface area contributed by atoms with E-state index >= 15 is 0 Å². The molecule has 2 rings (SSSR count). The van der Waals surface area contributed by atoms with E-state index in [1.54, 1.807) is 26.3 Å². The van der Waals surface area contributed by atoms with Crippen LogP contribution in [0.15, 0.2) is 53.5 Å². The highest BCUT2D eigenvalue weighted by Crippen LogP contribution is 2.19. The van der Waals surface area contributed by atoms with Gasteiger partial charge < -0.3 is 25.8 Å². The molecule has 0 aliphatic rings. The molecule has 30 heavy (non-hydrogen) atoms. The first-order chi connectivity index (χ1) is 14.4. The van der Waals surface area contributed by atoms with Gasteiger partial charge in [-0.2, -0.15) is 0 Å². The van der Waals surface area contributed by atoms with E-state index in [9.17, 15) is 9.18 Å². The zero-order valence-corrected chi connectivity index (χ0v) is 17.5. The molecule has 0 fully saturated rings. The van der Waals surface area contributed by atoms with Gasteiger partial charge in [0, 0.05) is 19.7 Å². The van der Waals surface area contributed by atoms with Gasteiger partial charge in [0.15, 0.2) is 5.96 Å². The zero-order valence-electron chi connectivity index (χ0n) is 17.5. The van der Waals surface area contributed by atoms with Crippen LogP contribution in [0.1, 0.15) is 12.5 Å².